The van der Waals surface area contributed by atoms with Gasteiger partial charge in [-0.25, -0.2) is 9.59 Å². The minimum Gasteiger partial charge on any atom is -0.479 e. The highest BCUT2D eigenvalue weighted by molar-refractivity contribution is 5.80. The highest BCUT2D eigenvalue weighted by Crippen LogP contribution is 2.44. The Bertz CT molecular complexity index is 1030. The second-order valence-electron chi connectivity index (χ2n) is 9.57. The number of rotatable bonds is 9. The molecule has 8 heteroatoms. The third kappa shape index (κ3) is 5.82. The summed E-state index contributed by atoms with van der Waals surface area (Å²) in [5, 5.41) is 23.6. The standard InChI is InChI=1S/C27H32N2O6/c30-23(25(32)33)15-28-24(31)14-27(12-6-1-7-13-27)17-29-26(34)35-16-22-20-10-4-2-8-18(20)19-9-3-5-11-21(19)22/h2-5,8-11,22-23,30H,1,6-7,12-17H2,(H,28,31)(H,29,34)(H,32,33)/t23-/m0/s1. The van der Waals surface area contributed by atoms with Crippen molar-refractivity contribution in [2.75, 3.05) is 19.7 Å². The van der Waals surface area contributed by atoms with E-state index in [0.29, 0.717) is 6.54 Å². The van der Waals surface area contributed by atoms with Crippen molar-refractivity contribution >= 4 is 18.0 Å². The third-order valence-electron chi connectivity index (χ3n) is 7.18. The van der Waals surface area contributed by atoms with Crippen molar-refractivity contribution in [3.63, 3.8) is 0 Å². The Morgan fingerprint density at radius 2 is 1.54 bits per heavy atom. The number of carboxylic acids is 1. The molecule has 2 aliphatic rings. The van der Waals surface area contributed by atoms with Crippen LogP contribution in [0.4, 0.5) is 4.79 Å². The van der Waals surface area contributed by atoms with Crippen molar-refractivity contribution in [1.29, 1.82) is 0 Å². The summed E-state index contributed by atoms with van der Waals surface area (Å²) in [5.74, 6) is -1.74. The predicted molar refractivity (Wildman–Crippen MR) is 130 cm³/mol. The Balaban J connectivity index is 1.33. The van der Waals surface area contributed by atoms with Gasteiger partial charge in [0.15, 0.2) is 6.10 Å². The fraction of sp³-hybridized carbons (Fsp3) is 0.444. The van der Waals surface area contributed by atoms with E-state index in [2.05, 4.69) is 34.9 Å². The molecule has 1 fully saturated rings. The van der Waals surface area contributed by atoms with Gasteiger partial charge in [0.1, 0.15) is 6.61 Å². The van der Waals surface area contributed by atoms with E-state index in [9.17, 15) is 19.5 Å². The second kappa shape index (κ2) is 10.9. The smallest absolute Gasteiger partial charge is 0.407 e. The molecule has 35 heavy (non-hydrogen) atoms. The summed E-state index contributed by atoms with van der Waals surface area (Å²) < 4.78 is 5.64. The maximum Gasteiger partial charge on any atom is 0.407 e. The molecule has 2 aromatic rings. The Hall–Kier alpha value is -3.39. The van der Waals surface area contributed by atoms with Gasteiger partial charge in [0.25, 0.3) is 0 Å². The number of aliphatic hydroxyl groups excluding tert-OH is 1. The van der Waals surface area contributed by atoms with E-state index >= 15 is 0 Å². The van der Waals surface area contributed by atoms with Gasteiger partial charge in [0.05, 0.1) is 6.54 Å². The first-order chi connectivity index (χ1) is 16.9. The van der Waals surface area contributed by atoms with Gasteiger partial charge in [-0.1, -0.05) is 67.8 Å². The highest BCUT2D eigenvalue weighted by atomic mass is 16.5. The van der Waals surface area contributed by atoms with Gasteiger partial charge in [0.2, 0.25) is 5.91 Å². The molecule has 0 unspecified atom stereocenters. The highest BCUT2D eigenvalue weighted by Gasteiger charge is 2.35. The van der Waals surface area contributed by atoms with Gasteiger partial charge in [-0.2, -0.15) is 0 Å². The lowest BCUT2D eigenvalue weighted by molar-refractivity contribution is -0.146. The zero-order chi connectivity index (χ0) is 24.8. The molecule has 186 valence electrons. The number of hydrogen-bond acceptors (Lipinski definition) is 5. The number of hydrogen-bond donors (Lipinski definition) is 4. The summed E-state index contributed by atoms with van der Waals surface area (Å²) in [6.45, 7) is 0.184. The molecule has 0 heterocycles. The fourth-order valence-electron chi connectivity index (χ4n) is 5.33. The van der Waals surface area contributed by atoms with Crippen molar-refractivity contribution < 1.29 is 29.3 Å². The molecule has 4 N–H and O–H groups in total. The number of carbonyl (C=O) groups excluding carboxylic acids is 2. The van der Waals surface area contributed by atoms with Crippen LogP contribution in [0, 0.1) is 5.41 Å². The van der Waals surface area contributed by atoms with Crippen LogP contribution in [0.5, 0.6) is 0 Å². The molecule has 4 rings (SSSR count). The Morgan fingerprint density at radius 3 is 2.14 bits per heavy atom. The summed E-state index contributed by atoms with van der Waals surface area (Å²) in [5.41, 5.74) is 4.20. The van der Waals surface area contributed by atoms with E-state index in [1.54, 1.807) is 0 Å². The fourth-order valence-corrected chi connectivity index (χ4v) is 5.33. The van der Waals surface area contributed by atoms with Gasteiger partial charge in [0, 0.05) is 18.9 Å². The lowest BCUT2D eigenvalue weighted by Gasteiger charge is -2.37. The van der Waals surface area contributed by atoms with Crippen molar-refractivity contribution in [1.82, 2.24) is 10.6 Å². The first kappa shape index (κ1) is 24.7. The molecule has 2 amide bonds. The van der Waals surface area contributed by atoms with Gasteiger partial charge in [-0.15, -0.1) is 0 Å². The van der Waals surface area contributed by atoms with Crippen molar-refractivity contribution in [2.45, 2.75) is 50.5 Å². The van der Waals surface area contributed by atoms with E-state index in [0.717, 1.165) is 54.4 Å². The van der Waals surface area contributed by atoms with Crippen molar-refractivity contribution in [3.8, 4) is 11.1 Å². The Morgan fingerprint density at radius 1 is 0.943 bits per heavy atom. The predicted octanol–water partition coefficient (Wildman–Crippen LogP) is 3.43. The van der Waals surface area contributed by atoms with E-state index in [4.69, 9.17) is 9.84 Å². The number of aliphatic hydroxyl groups is 1. The average molecular weight is 481 g/mol. The van der Waals surface area contributed by atoms with E-state index in [-0.39, 0.29) is 31.4 Å². The Labute approximate surface area is 204 Å². The number of alkyl carbamates (subject to hydrolysis) is 1. The van der Waals surface area contributed by atoms with Gasteiger partial charge in [-0.3, -0.25) is 4.79 Å². The third-order valence-corrected chi connectivity index (χ3v) is 7.18. The molecule has 2 aliphatic carbocycles. The van der Waals surface area contributed by atoms with Gasteiger partial charge < -0.3 is 25.6 Å². The summed E-state index contributed by atoms with van der Waals surface area (Å²) in [6.07, 6.45) is 2.56. The van der Waals surface area contributed by atoms with E-state index < -0.39 is 23.6 Å². The SMILES string of the molecule is O=C(CC1(CNC(=O)OCC2c3ccccc3-c3ccccc32)CCCCC1)NC[C@H](O)C(=O)O. The van der Waals surface area contributed by atoms with E-state index in [1.807, 2.05) is 24.3 Å². The van der Waals surface area contributed by atoms with Crippen LogP contribution in [0.1, 0.15) is 55.6 Å². The van der Waals surface area contributed by atoms with E-state index in [1.165, 1.54) is 0 Å². The lowest BCUT2D eigenvalue weighted by atomic mass is 9.71. The molecular weight excluding hydrogens is 448 g/mol. The zero-order valence-corrected chi connectivity index (χ0v) is 19.7. The number of carboxylic acid groups (broad SMARTS) is 1. The second-order valence-corrected chi connectivity index (χ2v) is 9.57. The molecule has 1 atom stereocenters. The molecule has 0 saturated heterocycles. The van der Waals surface area contributed by atoms with Crippen LogP contribution in [-0.2, 0) is 14.3 Å². The van der Waals surface area contributed by atoms with Crippen LogP contribution >= 0.6 is 0 Å². The summed E-state index contributed by atoms with van der Waals surface area (Å²) in [7, 11) is 0. The molecule has 0 bridgehead atoms. The van der Waals surface area contributed by atoms with Crippen LogP contribution in [0.3, 0.4) is 0 Å². The lowest BCUT2D eigenvalue weighted by Crippen LogP contribution is -2.44. The molecule has 8 nitrogen and oxygen atoms in total. The van der Waals surface area contributed by atoms with Crippen LogP contribution < -0.4 is 10.6 Å². The molecule has 2 aromatic carbocycles. The molecule has 1 saturated carbocycles. The minimum absolute atomic E-state index is 0.0248. The quantitative estimate of drug-likeness (QED) is 0.436. The normalized spacial score (nSPS) is 17.1. The topological polar surface area (TPSA) is 125 Å². The summed E-state index contributed by atoms with van der Waals surface area (Å²) in [6, 6.07) is 16.3. The maximum absolute atomic E-state index is 12.7. The monoisotopic (exact) mass is 480 g/mol. The number of ether oxygens (including phenoxy) is 1. The molecule has 0 aromatic heterocycles. The maximum atomic E-state index is 12.7. The number of carbonyl (C=O) groups is 3. The van der Waals surface area contributed by atoms with Gasteiger partial charge >= 0.3 is 12.1 Å². The molecule has 0 radical (unpaired) electrons. The first-order valence-electron chi connectivity index (χ1n) is 12.1. The van der Waals surface area contributed by atoms with Gasteiger partial charge in [-0.05, 0) is 40.5 Å². The largest absolute Gasteiger partial charge is 0.479 e. The number of fused-ring (bicyclic) bond motifs is 3. The molecule has 0 aliphatic heterocycles. The van der Waals surface area contributed by atoms with Crippen molar-refractivity contribution in [2.24, 2.45) is 5.41 Å². The number of benzene rings is 2. The number of aliphatic carboxylic acids is 1. The average Bonchev–Trinajstić information content (AvgIpc) is 3.19. The summed E-state index contributed by atoms with van der Waals surface area (Å²) in [4.78, 5) is 35.9. The van der Waals surface area contributed by atoms with Crippen molar-refractivity contribution in [3.05, 3.63) is 59.7 Å². The molecular formula is C27H32N2O6. The minimum atomic E-state index is -1.64. The van der Waals surface area contributed by atoms with Crippen LogP contribution in [0.15, 0.2) is 48.5 Å². The first-order valence-corrected chi connectivity index (χ1v) is 12.1. The van der Waals surface area contributed by atoms with Crippen LogP contribution in [0.2, 0.25) is 0 Å². The zero-order valence-electron chi connectivity index (χ0n) is 19.7. The van der Waals surface area contributed by atoms with Crippen LogP contribution in [-0.4, -0.2) is 54.0 Å². The molecule has 0 spiro atoms. The number of amides is 2. The number of nitrogens with one attached hydrogen (secondary N) is 2. The summed E-state index contributed by atoms with van der Waals surface area (Å²) >= 11 is 0. The Kier molecular flexibility index (Phi) is 7.70. The van der Waals surface area contributed by atoms with Crippen LogP contribution in [0.25, 0.3) is 11.1 Å².